The molecule has 4 rings (SSSR count). The molecule has 2 fully saturated rings. The van der Waals surface area contributed by atoms with Gasteiger partial charge in [0.1, 0.15) is 0 Å². The van der Waals surface area contributed by atoms with E-state index in [1.807, 2.05) is 36.4 Å². The van der Waals surface area contributed by atoms with Crippen molar-refractivity contribution < 1.29 is 9.59 Å². The molecule has 1 saturated heterocycles. The first-order valence-corrected chi connectivity index (χ1v) is 7.57. The second-order valence-corrected chi connectivity index (χ2v) is 6.02. The Hall–Kier alpha value is -2.49. The molecule has 110 valence electrons. The minimum absolute atomic E-state index is 0.142. The number of benzene rings is 1. The number of hydrazone groups is 1. The van der Waals surface area contributed by atoms with Gasteiger partial charge in [0.05, 0.1) is 11.8 Å². The highest BCUT2D eigenvalue weighted by Gasteiger charge is 2.59. The number of rotatable bonds is 3. The maximum atomic E-state index is 12.4. The molecule has 0 aromatic heterocycles. The molecule has 2 bridgehead atoms. The summed E-state index contributed by atoms with van der Waals surface area (Å²) >= 11 is 0. The number of allylic oxidation sites excluding steroid dienone is 3. The Kier molecular flexibility index (Phi) is 3.03. The average Bonchev–Trinajstić information content (AvgIpc) is 3.21. The summed E-state index contributed by atoms with van der Waals surface area (Å²) in [5, 5.41) is 5.14. The summed E-state index contributed by atoms with van der Waals surface area (Å²) in [6.07, 6.45) is 10.3. The summed E-state index contributed by atoms with van der Waals surface area (Å²) in [7, 11) is 0. The molecule has 4 heteroatoms. The molecule has 0 spiro atoms. The highest BCUT2D eigenvalue weighted by atomic mass is 16.2. The van der Waals surface area contributed by atoms with Gasteiger partial charge >= 0.3 is 0 Å². The summed E-state index contributed by atoms with van der Waals surface area (Å²) in [5.41, 5.74) is 1.05. The van der Waals surface area contributed by atoms with Crippen molar-refractivity contribution in [3.05, 3.63) is 54.1 Å². The second-order valence-electron chi connectivity index (χ2n) is 6.02. The number of carbonyl (C=O) groups excluding carboxylic acids is 2. The third-order valence-electron chi connectivity index (χ3n) is 4.80. The van der Waals surface area contributed by atoms with E-state index in [1.54, 1.807) is 6.08 Å². The number of imide groups is 1. The Morgan fingerprint density at radius 1 is 1.00 bits per heavy atom. The molecule has 1 saturated carbocycles. The molecule has 4 nitrogen and oxygen atoms in total. The number of carbonyl (C=O) groups is 2. The van der Waals surface area contributed by atoms with E-state index < -0.39 is 0 Å². The number of hydrogen-bond donors (Lipinski definition) is 0. The van der Waals surface area contributed by atoms with Crippen molar-refractivity contribution in [2.75, 3.05) is 0 Å². The molecule has 0 N–H and O–H groups in total. The van der Waals surface area contributed by atoms with Crippen molar-refractivity contribution >= 4 is 24.1 Å². The molecular formula is C18H16N2O2. The molecule has 1 aliphatic heterocycles. The van der Waals surface area contributed by atoms with Gasteiger partial charge in [-0.25, -0.2) is 0 Å². The largest absolute Gasteiger partial charge is 0.272 e. The first-order chi connectivity index (χ1) is 10.8. The Balaban J connectivity index is 1.48. The van der Waals surface area contributed by atoms with Gasteiger partial charge in [0.2, 0.25) is 0 Å². The minimum atomic E-state index is -0.183. The fourth-order valence-corrected chi connectivity index (χ4v) is 3.82. The van der Waals surface area contributed by atoms with Crippen LogP contribution in [0.25, 0.3) is 6.08 Å². The van der Waals surface area contributed by atoms with Crippen LogP contribution in [0.4, 0.5) is 0 Å². The molecule has 1 aromatic rings. The summed E-state index contributed by atoms with van der Waals surface area (Å²) in [5.74, 6) is -0.194. The predicted octanol–water partition coefficient (Wildman–Crippen LogP) is 2.49. The zero-order chi connectivity index (χ0) is 15.1. The Morgan fingerprint density at radius 3 is 2.27 bits per heavy atom. The van der Waals surface area contributed by atoms with E-state index in [-0.39, 0.29) is 35.5 Å². The van der Waals surface area contributed by atoms with E-state index in [4.69, 9.17) is 0 Å². The quantitative estimate of drug-likeness (QED) is 0.488. The maximum Gasteiger partial charge on any atom is 0.254 e. The summed E-state index contributed by atoms with van der Waals surface area (Å²) in [6, 6.07) is 9.81. The monoisotopic (exact) mass is 292 g/mol. The first kappa shape index (κ1) is 13.2. The van der Waals surface area contributed by atoms with Crippen LogP contribution in [0.5, 0.6) is 0 Å². The van der Waals surface area contributed by atoms with Crippen molar-refractivity contribution in [3.8, 4) is 0 Å². The first-order valence-electron chi connectivity index (χ1n) is 7.57. The predicted molar refractivity (Wildman–Crippen MR) is 83.5 cm³/mol. The number of nitrogens with zero attached hydrogens (tertiary/aromatic N) is 2. The molecule has 1 aromatic carbocycles. The van der Waals surface area contributed by atoms with Gasteiger partial charge in [-0.05, 0) is 29.9 Å². The van der Waals surface area contributed by atoms with Crippen LogP contribution in [0.1, 0.15) is 12.0 Å². The van der Waals surface area contributed by atoms with Gasteiger partial charge in [-0.3, -0.25) is 9.59 Å². The molecule has 1 heterocycles. The van der Waals surface area contributed by atoms with Gasteiger partial charge in [0.15, 0.2) is 0 Å². The lowest BCUT2D eigenvalue weighted by Gasteiger charge is -2.13. The lowest BCUT2D eigenvalue weighted by atomic mass is 9.85. The van der Waals surface area contributed by atoms with Crippen molar-refractivity contribution in [2.24, 2.45) is 28.8 Å². The lowest BCUT2D eigenvalue weighted by Crippen LogP contribution is -2.27. The fraction of sp³-hybridized carbons (Fsp3) is 0.278. The second kappa shape index (κ2) is 5.05. The maximum absolute atomic E-state index is 12.4. The van der Waals surface area contributed by atoms with Crippen molar-refractivity contribution in [3.63, 3.8) is 0 Å². The third-order valence-corrected chi connectivity index (χ3v) is 4.80. The Labute approximate surface area is 128 Å². The van der Waals surface area contributed by atoms with Crippen LogP contribution in [0.2, 0.25) is 0 Å². The molecule has 3 aliphatic rings. The third kappa shape index (κ3) is 1.95. The normalized spacial score (nSPS) is 32.8. The summed E-state index contributed by atoms with van der Waals surface area (Å²) in [4.78, 5) is 24.8. The SMILES string of the molecule is O=C1[C@@H]2[C@@H](C(=O)N1/N=C\C=C\c1ccccc1)[C@H]1C=C[C@H]2C1. The molecule has 4 atom stereocenters. The van der Waals surface area contributed by atoms with Crippen LogP contribution in [0.3, 0.4) is 0 Å². The fourth-order valence-electron chi connectivity index (χ4n) is 3.82. The minimum Gasteiger partial charge on any atom is -0.272 e. The van der Waals surface area contributed by atoms with Crippen LogP contribution in [-0.2, 0) is 9.59 Å². The summed E-state index contributed by atoms with van der Waals surface area (Å²) < 4.78 is 0. The highest BCUT2D eigenvalue weighted by Crippen LogP contribution is 2.52. The Morgan fingerprint density at radius 2 is 1.64 bits per heavy atom. The number of hydrogen-bond acceptors (Lipinski definition) is 3. The van der Waals surface area contributed by atoms with Gasteiger partial charge in [0.25, 0.3) is 11.8 Å². The van der Waals surface area contributed by atoms with Crippen molar-refractivity contribution in [2.45, 2.75) is 6.42 Å². The molecule has 0 unspecified atom stereocenters. The van der Waals surface area contributed by atoms with Crippen molar-refractivity contribution in [1.29, 1.82) is 0 Å². The van der Waals surface area contributed by atoms with Gasteiger partial charge < -0.3 is 0 Å². The van der Waals surface area contributed by atoms with Crippen LogP contribution in [0, 0.1) is 23.7 Å². The van der Waals surface area contributed by atoms with Gasteiger partial charge in [-0.15, -0.1) is 0 Å². The van der Waals surface area contributed by atoms with E-state index in [0.29, 0.717) is 0 Å². The van der Waals surface area contributed by atoms with Crippen LogP contribution >= 0.6 is 0 Å². The van der Waals surface area contributed by atoms with Gasteiger partial charge in [-0.1, -0.05) is 48.6 Å². The highest BCUT2D eigenvalue weighted by molar-refractivity contribution is 6.06. The molecule has 2 aliphatic carbocycles. The number of fused-ring (bicyclic) bond motifs is 5. The topological polar surface area (TPSA) is 49.7 Å². The smallest absolute Gasteiger partial charge is 0.254 e. The lowest BCUT2D eigenvalue weighted by molar-refractivity contribution is -0.140. The zero-order valence-electron chi connectivity index (χ0n) is 12.0. The van der Waals surface area contributed by atoms with E-state index in [0.717, 1.165) is 17.0 Å². The molecule has 2 amide bonds. The molecule has 22 heavy (non-hydrogen) atoms. The summed E-state index contributed by atoms with van der Waals surface area (Å²) in [6.45, 7) is 0. The van der Waals surface area contributed by atoms with Gasteiger partial charge in [-0.2, -0.15) is 10.1 Å². The molecular weight excluding hydrogens is 276 g/mol. The zero-order valence-corrected chi connectivity index (χ0v) is 12.0. The van der Waals surface area contributed by atoms with Crippen molar-refractivity contribution in [1.82, 2.24) is 5.01 Å². The number of amides is 2. The van der Waals surface area contributed by atoms with E-state index in [9.17, 15) is 9.59 Å². The van der Waals surface area contributed by atoms with Gasteiger partial charge in [0, 0.05) is 6.21 Å². The standard InChI is InChI=1S/C18H16N2O2/c21-17-15-13-8-9-14(11-13)16(15)18(22)20(17)19-10-4-7-12-5-2-1-3-6-12/h1-10,13-16H,11H2/b7-4+,19-10-/t13-,14-,15-,16-/m0/s1. The Bertz CT molecular complexity index is 675. The van der Waals surface area contributed by atoms with Crippen LogP contribution in [0.15, 0.2) is 53.7 Å². The van der Waals surface area contributed by atoms with Crippen LogP contribution < -0.4 is 0 Å². The van der Waals surface area contributed by atoms with Crippen LogP contribution in [-0.4, -0.2) is 23.0 Å². The average molecular weight is 292 g/mol. The van der Waals surface area contributed by atoms with E-state index >= 15 is 0 Å². The molecule has 0 radical (unpaired) electrons. The van der Waals surface area contributed by atoms with E-state index in [2.05, 4.69) is 17.3 Å². The van der Waals surface area contributed by atoms with E-state index in [1.165, 1.54) is 6.21 Å².